The third-order valence-corrected chi connectivity index (χ3v) is 3.75. The molecule has 0 aromatic heterocycles. The van der Waals surface area contributed by atoms with Gasteiger partial charge in [0, 0.05) is 24.4 Å². The fourth-order valence-electron chi connectivity index (χ4n) is 2.42. The van der Waals surface area contributed by atoms with Gasteiger partial charge in [0.05, 0.1) is 24.7 Å². The lowest BCUT2D eigenvalue weighted by Gasteiger charge is -2.12. The first kappa shape index (κ1) is 16.3. The van der Waals surface area contributed by atoms with Gasteiger partial charge in [-0.2, -0.15) is 0 Å². The molecule has 0 aliphatic carbocycles. The molecule has 1 N–H and O–H groups in total. The molecule has 2 aromatic rings. The molecule has 7 nitrogen and oxygen atoms in total. The van der Waals surface area contributed by atoms with E-state index in [0.717, 1.165) is 16.9 Å². The van der Waals surface area contributed by atoms with Crippen molar-refractivity contribution >= 4 is 24.0 Å². The normalized spacial score (nSPS) is 16.9. The molecular formula is C16H17BN2O5. The van der Waals surface area contributed by atoms with Crippen molar-refractivity contribution in [1.82, 2.24) is 0 Å². The summed E-state index contributed by atoms with van der Waals surface area (Å²) in [5, 5.41) is 13.8. The molecule has 0 spiro atoms. The van der Waals surface area contributed by atoms with Gasteiger partial charge in [-0.3, -0.25) is 10.1 Å². The van der Waals surface area contributed by atoms with Crippen LogP contribution in [-0.4, -0.2) is 38.4 Å². The highest BCUT2D eigenvalue weighted by atomic mass is 16.6. The van der Waals surface area contributed by atoms with E-state index < -0.39 is 4.92 Å². The number of non-ortho nitro benzene ring substituents is 1. The molecule has 1 aliphatic rings. The van der Waals surface area contributed by atoms with Crippen LogP contribution in [0.3, 0.4) is 0 Å². The summed E-state index contributed by atoms with van der Waals surface area (Å²) in [6.07, 6.45) is -0.0905. The van der Waals surface area contributed by atoms with E-state index in [9.17, 15) is 10.1 Å². The monoisotopic (exact) mass is 328 g/mol. The summed E-state index contributed by atoms with van der Waals surface area (Å²) in [6, 6.07) is 13.8. The van der Waals surface area contributed by atoms with E-state index in [4.69, 9.17) is 14.0 Å². The van der Waals surface area contributed by atoms with Gasteiger partial charge in [0.2, 0.25) is 0 Å². The molecule has 0 radical (unpaired) electrons. The Hall–Kier alpha value is -2.58. The van der Waals surface area contributed by atoms with Crippen molar-refractivity contribution in [1.29, 1.82) is 0 Å². The van der Waals surface area contributed by atoms with Crippen LogP contribution in [-0.2, 0) is 9.31 Å². The number of nitrogens with zero attached hydrogens (tertiary/aromatic N) is 1. The lowest BCUT2D eigenvalue weighted by Crippen LogP contribution is -2.33. The van der Waals surface area contributed by atoms with Crippen LogP contribution in [0, 0.1) is 10.1 Å². The van der Waals surface area contributed by atoms with E-state index in [0.29, 0.717) is 13.2 Å². The lowest BCUT2D eigenvalue weighted by molar-refractivity contribution is -0.384. The summed E-state index contributed by atoms with van der Waals surface area (Å²) in [7, 11) is 1.23. The number of nitro groups is 1. The minimum Gasteiger partial charge on any atom is -0.497 e. The Bertz CT molecular complexity index is 693. The van der Waals surface area contributed by atoms with Crippen LogP contribution in [0.5, 0.6) is 5.75 Å². The third kappa shape index (κ3) is 3.84. The minimum atomic E-state index is -0.419. The highest BCUT2D eigenvalue weighted by Crippen LogP contribution is 2.17. The number of anilines is 1. The first-order valence-electron chi connectivity index (χ1n) is 7.55. The van der Waals surface area contributed by atoms with Gasteiger partial charge < -0.3 is 19.4 Å². The van der Waals surface area contributed by atoms with Crippen LogP contribution in [0.15, 0.2) is 48.5 Å². The van der Waals surface area contributed by atoms with Gasteiger partial charge in [0.1, 0.15) is 5.75 Å². The third-order valence-electron chi connectivity index (χ3n) is 3.75. The summed E-state index contributed by atoms with van der Waals surface area (Å²) in [4.78, 5) is 10.2. The summed E-state index contributed by atoms with van der Waals surface area (Å²) >= 11 is 0. The van der Waals surface area contributed by atoms with Crippen molar-refractivity contribution in [2.45, 2.75) is 6.10 Å². The first-order valence-corrected chi connectivity index (χ1v) is 7.55. The predicted molar refractivity (Wildman–Crippen MR) is 90.8 cm³/mol. The van der Waals surface area contributed by atoms with E-state index in [1.165, 1.54) is 12.1 Å². The number of methoxy groups -OCH3 is 1. The Morgan fingerprint density at radius 1 is 1.25 bits per heavy atom. The molecule has 0 unspecified atom stereocenters. The number of benzene rings is 2. The molecule has 24 heavy (non-hydrogen) atoms. The Morgan fingerprint density at radius 2 is 1.96 bits per heavy atom. The molecule has 1 fully saturated rings. The fourth-order valence-corrected chi connectivity index (χ4v) is 2.42. The van der Waals surface area contributed by atoms with Crippen molar-refractivity contribution in [2.24, 2.45) is 0 Å². The van der Waals surface area contributed by atoms with Gasteiger partial charge in [0.25, 0.3) is 5.69 Å². The van der Waals surface area contributed by atoms with Crippen molar-refractivity contribution < 1.29 is 19.0 Å². The highest BCUT2D eigenvalue weighted by Gasteiger charge is 2.32. The van der Waals surface area contributed by atoms with Crippen LogP contribution < -0.4 is 15.5 Å². The van der Waals surface area contributed by atoms with Crippen molar-refractivity contribution in [2.75, 3.05) is 25.6 Å². The molecular weight excluding hydrogens is 311 g/mol. The minimum absolute atomic E-state index is 0.0700. The fraction of sp³-hybridized carbons (Fsp3) is 0.250. The van der Waals surface area contributed by atoms with E-state index >= 15 is 0 Å². The molecule has 1 saturated heterocycles. The average molecular weight is 328 g/mol. The van der Waals surface area contributed by atoms with Gasteiger partial charge in [-0.05, 0) is 29.7 Å². The van der Waals surface area contributed by atoms with Crippen LogP contribution in [0.1, 0.15) is 0 Å². The lowest BCUT2D eigenvalue weighted by atomic mass is 9.79. The van der Waals surface area contributed by atoms with Crippen molar-refractivity contribution in [3.63, 3.8) is 0 Å². The van der Waals surface area contributed by atoms with Gasteiger partial charge in [-0.15, -0.1) is 0 Å². The Kier molecular flexibility index (Phi) is 4.98. The Labute approximate surface area is 139 Å². The number of ether oxygens (including phenoxy) is 1. The zero-order valence-corrected chi connectivity index (χ0v) is 13.2. The maximum atomic E-state index is 10.6. The quantitative estimate of drug-likeness (QED) is 0.495. The van der Waals surface area contributed by atoms with Crippen LogP contribution in [0.2, 0.25) is 0 Å². The van der Waals surface area contributed by atoms with E-state index in [2.05, 4.69) is 5.32 Å². The van der Waals surface area contributed by atoms with Crippen LogP contribution in [0.25, 0.3) is 0 Å². The second kappa shape index (κ2) is 7.33. The summed E-state index contributed by atoms with van der Waals surface area (Å²) in [6.45, 7) is 1.04. The zero-order valence-electron chi connectivity index (χ0n) is 13.2. The standard InChI is InChI=1S/C16H17BN2O5/c1-22-15-8-2-12(3-9-15)17-23-11-16(24-17)10-18-13-4-6-14(7-5-13)19(20)21/h2-9,16,18H,10-11H2,1H3/t16-/m1/s1. The average Bonchev–Trinajstić information content (AvgIpc) is 3.09. The number of rotatable bonds is 6. The molecule has 8 heteroatoms. The van der Waals surface area contributed by atoms with E-state index in [1.54, 1.807) is 19.2 Å². The SMILES string of the molecule is COc1ccc(B2OC[C@@H](CNc3ccc([N+](=O)[O-])cc3)O2)cc1. The van der Waals surface area contributed by atoms with Gasteiger partial charge in [0.15, 0.2) is 0 Å². The molecule has 0 saturated carbocycles. The molecule has 1 heterocycles. The van der Waals surface area contributed by atoms with Crippen molar-refractivity contribution in [3.8, 4) is 5.75 Å². The molecule has 0 amide bonds. The number of nitrogens with one attached hydrogen (secondary N) is 1. The smallest absolute Gasteiger partial charge is 0.494 e. The second-order valence-electron chi connectivity index (χ2n) is 5.38. The molecule has 0 bridgehead atoms. The van der Waals surface area contributed by atoms with Gasteiger partial charge in [-0.1, -0.05) is 12.1 Å². The Morgan fingerprint density at radius 3 is 2.58 bits per heavy atom. The molecule has 1 aliphatic heterocycles. The maximum absolute atomic E-state index is 10.6. The number of hydrogen-bond acceptors (Lipinski definition) is 6. The second-order valence-corrected chi connectivity index (χ2v) is 5.38. The summed E-state index contributed by atoms with van der Waals surface area (Å²) < 4.78 is 16.7. The highest BCUT2D eigenvalue weighted by molar-refractivity contribution is 6.61. The maximum Gasteiger partial charge on any atom is 0.494 e. The zero-order chi connectivity index (χ0) is 16.9. The Balaban J connectivity index is 1.51. The number of hydrogen-bond donors (Lipinski definition) is 1. The molecule has 124 valence electrons. The molecule has 2 aromatic carbocycles. The van der Waals surface area contributed by atoms with Crippen molar-refractivity contribution in [3.05, 3.63) is 58.6 Å². The van der Waals surface area contributed by atoms with Crippen LogP contribution in [0.4, 0.5) is 11.4 Å². The topological polar surface area (TPSA) is 82.9 Å². The van der Waals surface area contributed by atoms with Gasteiger partial charge in [-0.25, -0.2) is 0 Å². The largest absolute Gasteiger partial charge is 0.497 e. The number of nitro benzene ring substituents is 1. The molecule has 3 rings (SSSR count). The van der Waals surface area contributed by atoms with E-state index in [-0.39, 0.29) is 18.9 Å². The molecule has 1 atom stereocenters. The summed E-state index contributed by atoms with van der Waals surface area (Å²) in [5.41, 5.74) is 1.81. The first-order chi connectivity index (χ1) is 11.7. The summed E-state index contributed by atoms with van der Waals surface area (Å²) in [5.74, 6) is 0.785. The van der Waals surface area contributed by atoms with Gasteiger partial charge >= 0.3 is 7.12 Å². The van der Waals surface area contributed by atoms with Crippen LogP contribution >= 0.6 is 0 Å². The predicted octanol–water partition coefficient (Wildman–Crippen LogP) is 1.83. The van der Waals surface area contributed by atoms with E-state index in [1.807, 2.05) is 24.3 Å².